The zero-order valence-electron chi connectivity index (χ0n) is 21.1. The van der Waals surface area contributed by atoms with Gasteiger partial charge in [-0.3, -0.25) is 9.59 Å². The first-order valence-corrected chi connectivity index (χ1v) is 12.6. The highest BCUT2D eigenvalue weighted by Crippen LogP contribution is 2.21. The lowest BCUT2D eigenvalue weighted by Gasteiger charge is -2.22. The Balaban J connectivity index is 1.34. The van der Waals surface area contributed by atoms with Gasteiger partial charge in [0.25, 0.3) is 0 Å². The summed E-state index contributed by atoms with van der Waals surface area (Å²) in [7, 11) is 0. The summed E-state index contributed by atoms with van der Waals surface area (Å²) in [5.41, 5.74) is 10.0. The fourth-order valence-electron chi connectivity index (χ4n) is 4.65. The van der Waals surface area contributed by atoms with Gasteiger partial charge in [0.05, 0.1) is 0 Å². The maximum absolute atomic E-state index is 13.5. The summed E-state index contributed by atoms with van der Waals surface area (Å²) in [5.74, 6) is -1.22. The minimum Gasteiger partial charge on any atom is -0.445 e. The third kappa shape index (κ3) is 6.10. The number of fused-ring (bicyclic) bond motifs is 2. The minimum absolute atomic E-state index is 0.0541. The van der Waals surface area contributed by atoms with Gasteiger partial charge in [0.15, 0.2) is 0 Å². The van der Waals surface area contributed by atoms with Gasteiger partial charge < -0.3 is 31.1 Å². The first-order chi connectivity index (χ1) is 19.0. The largest absolute Gasteiger partial charge is 0.445 e. The molecule has 0 radical (unpaired) electrons. The predicted octanol–water partition coefficient (Wildman–Crippen LogP) is 3.70. The smallest absolute Gasteiger partial charge is 0.408 e. The summed E-state index contributed by atoms with van der Waals surface area (Å²) < 4.78 is 5.37. The number of aromatic nitrogens is 2. The summed E-state index contributed by atoms with van der Waals surface area (Å²) in [6.07, 6.45) is 3.23. The van der Waals surface area contributed by atoms with E-state index in [0.717, 1.165) is 38.5 Å². The van der Waals surface area contributed by atoms with Gasteiger partial charge in [-0.05, 0) is 28.8 Å². The molecule has 0 fully saturated rings. The van der Waals surface area contributed by atoms with Crippen molar-refractivity contribution in [2.45, 2.75) is 31.5 Å². The molecule has 0 aliphatic heterocycles. The number of ether oxygens (including phenoxy) is 1. The molecule has 2 heterocycles. The van der Waals surface area contributed by atoms with Crippen molar-refractivity contribution in [2.24, 2.45) is 5.73 Å². The molecular formula is C30H29N5O4. The van der Waals surface area contributed by atoms with Crippen LogP contribution < -0.4 is 16.4 Å². The van der Waals surface area contributed by atoms with Crippen LogP contribution in [-0.2, 0) is 33.8 Å². The number of hydrogen-bond donors (Lipinski definition) is 5. The summed E-state index contributed by atoms with van der Waals surface area (Å²) in [4.78, 5) is 45.0. The number of nitrogens with one attached hydrogen (secondary N) is 4. The molecule has 0 saturated carbocycles. The zero-order valence-corrected chi connectivity index (χ0v) is 21.1. The number of amides is 3. The van der Waals surface area contributed by atoms with E-state index >= 15 is 0 Å². The van der Waals surface area contributed by atoms with Crippen LogP contribution >= 0.6 is 0 Å². The van der Waals surface area contributed by atoms with Gasteiger partial charge in [-0.1, -0.05) is 66.7 Å². The van der Waals surface area contributed by atoms with Crippen LogP contribution in [0, 0.1) is 0 Å². The van der Waals surface area contributed by atoms with E-state index < -0.39 is 30.0 Å². The molecule has 0 aliphatic carbocycles. The highest BCUT2D eigenvalue weighted by Gasteiger charge is 2.28. The number of aromatic amines is 2. The number of carbonyl (C=O) groups excluding carboxylic acids is 3. The van der Waals surface area contributed by atoms with Crippen LogP contribution in [0.2, 0.25) is 0 Å². The molecule has 3 aromatic carbocycles. The Morgan fingerprint density at radius 2 is 1.26 bits per heavy atom. The molecule has 6 N–H and O–H groups in total. The van der Waals surface area contributed by atoms with Crippen molar-refractivity contribution in [3.63, 3.8) is 0 Å². The zero-order chi connectivity index (χ0) is 27.2. The van der Waals surface area contributed by atoms with Crippen molar-refractivity contribution >= 4 is 39.7 Å². The molecule has 0 spiro atoms. The van der Waals surface area contributed by atoms with Gasteiger partial charge in [0.2, 0.25) is 11.8 Å². The van der Waals surface area contributed by atoms with Crippen LogP contribution in [0.3, 0.4) is 0 Å². The van der Waals surface area contributed by atoms with E-state index in [1.807, 2.05) is 78.9 Å². The lowest BCUT2D eigenvalue weighted by atomic mass is 10.0. The molecule has 9 heteroatoms. The van der Waals surface area contributed by atoms with Crippen LogP contribution in [0.5, 0.6) is 0 Å². The fraction of sp³-hybridized carbons (Fsp3) is 0.167. The number of primary amides is 1. The normalized spacial score (nSPS) is 12.6. The van der Waals surface area contributed by atoms with Crippen molar-refractivity contribution in [3.05, 3.63) is 108 Å². The SMILES string of the molecule is NC(=O)C(Cc1c[nH]c2ccccc12)NC(=O)C(Cc1c[nH]c2ccccc12)NC(=O)OCc1ccccc1. The van der Waals surface area contributed by atoms with Crippen molar-refractivity contribution in [2.75, 3.05) is 0 Å². The third-order valence-electron chi connectivity index (χ3n) is 6.68. The molecule has 9 nitrogen and oxygen atoms in total. The van der Waals surface area contributed by atoms with Crippen molar-refractivity contribution in [1.29, 1.82) is 0 Å². The molecule has 3 amide bonds. The summed E-state index contributed by atoms with van der Waals surface area (Å²) in [6, 6.07) is 22.6. The van der Waals surface area contributed by atoms with Gasteiger partial charge in [-0.25, -0.2) is 4.79 Å². The van der Waals surface area contributed by atoms with E-state index in [0.29, 0.717) is 0 Å². The average Bonchev–Trinajstić information content (AvgIpc) is 3.56. The molecule has 0 saturated heterocycles. The van der Waals surface area contributed by atoms with Gasteiger partial charge in [0, 0.05) is 47.0 Å². The maximum atomic E-state index is 13.5. The number of rotatable bonds is 10. The monoisotopic (exact) mass is 523 g/mol. The molecule has 0 aliphatic rings. The Kier molecular flexibility index (Phi) is 7.58. The highest BCUT2D eigenvalue weighted by atomic mass is 16.5. The average molecular weight is 524 g/mol. The fourth-order valence-corrected chi connectivity index (χ4v) is 4.65. The quantitative estimate of drug-likeness (QED) is 0.190. The first-order valence-electron chi connectivity index (χ1n) is 12.6. The molecule has 2 aromatic heterocycles. The molecule has 2 atom stereocenters. The second-order valence-electron chi connectivity index (χ2n) is 9.35. The second kappa shape index (κ2) is 11.6. The summed E-state index contributed by atoms with van der Waals surface area (Å²) >= 11 is 0. The maximum Gasteiger partial charge on any atom is 0.408 e. The van der Waals surface area contributed by atoms with E-state index in [1.54, 1.807) is 12.4 Å². The Bertz CT molecular complexity index is 1610. The Labute approximate surface area is 224 Å². The van der Waals surface area contributed by atoms with E-state index in [-0.39, 0.29) is 19.4 Å². The number of alkyl carbamates (subject to hydrolysis) is 1. The molecular weight excluding hydrogens is 494 g/mol. The van der Waals surface area contributed by atoms with Crippen LogP contribution in [0.4, 0.5) is 4.79 Å². The van der Waals surface area contributed by atoms with Crippen LogP contribution in [0.15, 0.2) is 91.3 Å². The van der Waals surface area contributed by atoms with Crippen LogP contribution in [-0.4, -0.2) is 40.0 Å². The summed E-state index contributed by atoms with van der Waals surface area (Å²) in [6.45, 7) is 0.0541. The number of benzene rings is 3. The van der Waals surface area contributed by atoms with Crippen LogP contribution in [0.1, 0.15) is 16.7 Å². The second-order valence-corrected chi connectivity index (χ2v) is 9.35. The summed E-state index contributed by atoms with van der Waals surface area (Å²) in [5, 5.41) is 7.30. The van der Waals surface area contributed by atoms with E-state index in [4.69, 9.17) is 10.5 Å². The predicted molar refractivity (Wildman–Crippen MR) is 149 cm³/mol. The van der Waals surface area contributed by atoms with Crippen LogP contribution in [0.25, 0.3) is 21.8 Å². The Morgan fingerprint density at radius 1 is 0.718 bits per heavy atom. The number of H-pyrrole nitrogens is 2. The lowest BCUT2D eigenvalue weighted by molar-refractivity contribution is -0.128. The topological polar surface area (TPSA) is 142 Å². The van der Waals surface area contributed by atoms with E-state index in [2.05, 4.69) is 20.6 Å². The standard InChI is InChI=1S/C30H29N5O4/c31-28(36)26(14-20-16-32-24-12-6-4-10-22(20)24)34-29(37)27(15-21-17-33-25-13-7-5-11-23(21)25)35-30(38)39-18-19-8-2-1-3-9-19/h1-13,16-17,26-27,32-33H,14-15,18H2,(H2,31,36)(H,34,37)(H,35,38). The highest BCUT2D eigenvalue weighted by molar-refractivity contribution is 5.92. The molecule has 39 heavy (non-hydrogen) atoms. The van der Waals surface area contributed by atoms with E-state index in [9.17, 15) is 14.4 Å². The first kappa shape index (κ1) is 25.6. The molecule has 5 aromatic rings. The lowest BCUT2D eigenvalue weighted by Crippen LogP contribution is -2.54. The molecule has 2 unspecified atom stereocenters. The number of carbonyl (C=O) groups is 3. The molecule has 0 bridgehead atoms. The van der Waals surface area contributed by atoms with Crippen molar-refractivity contribution < 1.29 is 19.1 Å². The number of nitrogens with two attached hydrogens (primary N) is 1. The minimum atomic E-state index is -1.02. The van der Waals surface area contributed by atoms with Gasteiger partial charge in [0.1, 0.15) is 18.7 Å². The van der Waals surface area contributed by atoms with Crippen molar-refractivity contribution in [1.82, 2.24) is 20.6 Å². The molecule has 5 rings (SSSR count). The van der Waals surface area contributed by atoms with Gasteiger partial charge in [-0.15, -0.1) is 0 Å². The Morgan fingerprint density at radius 3 is 1.85 bits per heavy atom. The Hall–Kier alpha value is -5.05. The van der Waals surface area contributed by atoms with Gasteiger partial charge >= 0.3 is 6.09 Å². The number of hydrogen-bond acceptors (Lipinski definition) is 4. The third-order valence-corrected chi connectivity index (χ3v) is 6.68. The van der Waals surface area contributed by atoms with Crippen molar-refractivity contribution in [3.8, 4) is 0 Å². The molecule has 198 valence electrons. The number of para-hydroxylation sites is 2. The van der Waals surface area contributed by atoms with Gasteiger partial charge in [-0.2, -0.15) is 0 Å². The van der Waals surface area contributed by atoms with E-state index in [1.165, 1.54) is 0 Å².